The van der Waals surface area contributed by atoms with Crippen LogP contribution in [0.2, 0.25) is 5.02 Å². The fourth-order valence-electron chi connectivity index (χ4n) is 2.18. The van der Waals surface area contributed by atoms with Crippen LogP contribution < -0.4 is 5.32 Å². The molecule has 3 N–H and O–H groups in total. The molecule has 1 fully saturated rings. The van der Waals surface area contributed by atoms with Crippen molar-refractivity contribution in [3.05, 3.63) is 53.2 Å². The van der Waals surface area contributed by atoms with Crippen molar-refractivity contribution in [2.45, 2.75) is 18.8 Å². The van der Waals surface area contributed by atoms with E-state index in [-0.39, 0.29) is 5.95 Å². The number of hydrogen-bond donors (Lipinski definition) is 3. The SMILES string of the molecule is O=C(O)Nc1nc2ncc(Cl)cc2[nH]1.c1ccc(C2CC2)cc1. The Morgan fingerprint density at radius 3 is 2.70 bits per heavy atom. The quantitative estimate of drug-likeness (QED) is 0.654. The lowest BCUT2D eigenvalue weighted by atomic mass is 10.1. The molecule has 1 aromatic carbocycles. The van der Waals surface area contributed by atoms with Gasteiger partial charge in [0.1, 0.15) is 0 Å². The maximum absolute atomic E-state index is 10.3. The topological polar surface area (TPSA) is 90.9 Å². The Morgan fingerprint density at radius 2 is 2.04 bits per heavy atom. The number of halogens is 1. The van der Waals surface area contributed by atoms with E-state index in [2.05, 4.69) is 50.6 Å². The van der Waals surface area contributed by atoms with E-state index in [0.29, 0.717) is 16.2 Å². The molecule has 6 nitrogen and oxygen atoms in total. The molecule has 2 heterocycles. The number of carboxylic acid groups (broad SMARTS) is 1. The van der Waals surface area contributed by atoms with Crippen LogP contribution in [-0.4, -0.2) is 26.2 Å². The van der Waals surface area contributed by atoms with Gasteiger partial charge in [0, 0.05) is 6.20 Å². The van der Waals surface area contributed by atoms with Crippen molar-refractivity contribution in [2.24, 2.45) is 0 Å². The monoisotopic (exact) mass is 330 g/mol. The van der Waals surface area contributed by atoms with Gasteiger partial charge in [-0.2, -0.15) is 4.98 Å². The van der Waals surface area contributed by atoms with Crippen molar-refractivity contribution in [3.8, 4) is 0 Å². The van der Waals surface area contributed by atoms with Crippen LogP contribution in [0.3, 0.4) is 0 Å². The second kappa shape index (κ2) is 6.66. The third-order valence-corrected chi connectivity index (χ3v) is 3.58. The molecule has 0 radical (unpaired) electrons. The largest absolute Gasteiger partial charge is 0.465 e. The van der Waals surface area contributed by atoms with Crippen molar-refractivity contribution >= 4 is 34.8 Å². The van der Waals surface area contributed by atoms with Crippen LogP contribution in [0.4, 0.5) is 10.7 Å². The summed E-state index contributed by atoms with van der Waals surface area (Å²) in [5.41, 5.74) is 2.52. The van der Waals surface area contributed by atoms with Gasteiger partial charge in [0.25, 0.3) is 0 Å². The van der Waals surface area contributed by atoms with Gasteiger partial charge in [0.05, 0.1) is 10.5 Å². The minimum Gasteiger partial charge on any atom is -0.465 e. The molecule has 0 unspecified atom stereocenters. The number of carbonyl (C=O) groups is 1. The zero-order chi connectivity index (χ0) is 16.2. The van der Waals surface area contributed by atoms with Gasteiger partial charge in [-0.15, -0.1) is 0 Å². The Morgan fingerprint density at radius 1 is 1.30 bits per heavy atom. The summed E-state index contributed by atoms with van der Waals surface area (Å²) in [7, 11) is 0. The molecule has 23 heavy (non-hydrogen) atoms. The van der Waals surface area contributed by atoms with E-state index >= 15 is 0 Å². The number of nitrogens with zero attached hydrogens (tertiary/aromatic N) is 2. The first-order valence-electron chi connectivity index (χ1n) is 7.18. The average molecular weight is 331 g/mol. The maximum Gasteiger partial charge on any atom is 0.411 e. The van der Waals surface area contributed by atoms with Gasteiger partial charge in [-0.1, -0.05) is 41.9 Å². The van der Waals surface area contributed by atoms with Crippen molar-refractivity contribution in [1.29, 1.82) is 0 Å². The number of hydrogen-bond acceptors (Lipinski definition) is 3. The summed E-state index contributed by atoms with van der Waals surface area (Å²) in [6.45, 7) is 0. The van der Waals surface area contributed by atoms with Crippen molar-refractivity contribution in [2.75, 3.05) is 5.32 Å². The lowest BCUT2D eigenvalue weighted by Crippen LogP contribution is -2.08. The number of nitrogens with one attached hydrogen (secondary N) is 2. The minimum absolute atomic E-state index is 0.127. The third-order valence-electron chi connectivity index (χ3n) is 3.38. The lowest BCUT2D eigenvalue weighted by molar-refractivity contribution is 0.209. The highest BCUT2D eigenvalue weighted by atomic mass is 35.5. The van der Waals surface area contributed by atoms with Crippen molar-refractivity contribution in [3.63, 3.8) is 0 Å². The predicted molar refractivity (Wildman–Crippen MR) is 89.0 cm³/mol. The first-order valence-corrected chi connectivity index (χ1v) is 7.56. The van der Waals surface area contributed by atoms with Gasteiger partial charge in [-0.3, -0.25) is 5.32 Å². The Labute approximate surface area is 137 Å². The van der Waals surface area contributed by atoms with E-state index in [1.165, 1.54) is 24.6 Å². The van der Waals surface area contributed by atoms with E-state index in [4.69, 9.17) is 16.7 Å². The number of aromatic amines is 1. The highest BCUT2D eigenvalue weighted by Crippen LogP contribution is 2.39. The van der Waals surface area contributed by atoms with E-state index in [1.807, 2.05) is 0 Å². The van der Waals surface area contributed by atoms with E-state index in [0.717, 1.165) is 5.92 Å². The number of benzene rings is 1. The first-order chi connectivity index (χ1) is 11.1. The summed E-state index contributed by atoms with van der Waals surface area (Å²) < 4.78 is 0. The Balaban J connectivity index is 0.000000149. The lowest BCUT2D eigenvalue weighted by Gasteiger charge is -1.92. The predicted octanol–water partition coefficient (Wildman–Crippen LogP) is 4.27. The highest BCUT2D eigenvalue weighted by Gasteiger charge is 2.22. The number of anilines is 1. The van der Waals surface area contributed by atoms with Gasteiger partial charge in [-0.05, 0) is 30.4 Å². The molecule has 0 atom stereocenters. The zero-order valence-electron chi connectivity index (χ0n) is 12.2. The van der Waals surface area contributed by atoms with Gasteiger partial charge < -0.3 is 10.1 Å². The van der Waals surface area contributed by atoms with E-state index in [9.17, 15) is 4.79 Å². The molecular formula is C16H15ClN4O2. The van der Waals surface area contributed by atoms with Crippen LogP contribution in [0.25, 0.3) is 11.2 Å². The molecule has 0 saturated heterocycles. The molecule has 2 aromatic heterocycles. The van der Waals surface area contributed by atoms with Crippen LogP contribution in [0.5, 0.6) is 0 Å². The Hall–Kier alpha value is -2.60. The van der Waals surface area contributed by atoms with Gasteiger partial charge in [0.15, 0.2) is 5.65 Å². The number of rotatable bonds is 2. The highest BCUT2D eigenvalue weighted by molar-refractivity contribution is 6.31. The molecule has 0 spiro atoms. The number of pyridine rings is 1. The number of H-pyrrole nitrogens is 1. The summed E-state index contributed by atoms with van der Waals surface area (Å²) >= 11 is 5.69. The fraction of sp³-hybridized carbons (Fsp3) is 0.188. The van der Waals surface area contributed by atoms with Crippen LogP contribution in [0.15, 0.2) is 42.6 Å². The molecule has 3 aromatic rings. The minimum atomic E-state index is -1.19. The first kappa shape index (κ1) is 15.3. The van der Waals surface area contributed by atoms with Crippen LogP contribution in [0, 0.1) is 0 Å². The summed E-state index contributed by atoms with van der Waals surface area (Å²) in [4.78, 5) is 20.8. The molecule has 1 amide bonds. The smallest absolute Gasteiger partial charge is 0.411 e. The molecule has 7 heteroatoms. The Kier molecular flexibility index (Phi) is 4.43. The second-order valence-electron chi connectivity index (χ2n) is 5.23. The summed E-state index contributed by atoms with van der Waals surface area (Å²) in [6, 6.07) is 12.4. The summed E-state index contributed by atoms with van der Waals surface area (Å²) in [5.74, 6) is 1.04. The number of imidazole rings is 1. The van der Waals surface area contributed by atoms with Gasteiger partial charge >= 0.3 is 6.09 Å². The zero-order valence-corrected chi connectivity index (χ0v) is 12.9. The number of aromatic nitrogens is 3. The van der Waals surface area contributed by atoms with Gasteiger partial charge in [0.2, 0.25) is 5.95 Å². The molecule has 1 aliphatic rings. The summed E-state index contributed by atoms with van der Waals surface area (Å²) in [5, 5.41) is 11.0. The van der Waals surface area contributed by atoms with E-state index < -0.39 is 6.09 Å². The standard InChI is InChI=1S/C9H10.C7H5ClN4O2/c1-2-4-8(5-3-1)9-6-7-9;8-3-1-4-5(9-2-3)11-6(10-4)12-7(13)14/h1-5,9H,6-7H2;1-2H,(H,13,14)(H2,9,10,11,12). The maximum atomic E-state index is 10.3. The summed E-state index contributed by atoms with van der Waals surface area (Å²) in [6.07, 6.45) is 3.07. The Bertz CT molecular complexity index is 815. The van der Waals surface area contributed by atoms with Crippen LogP contribution in [-0.2, 0) is 0 Å². The normalized spacial score (nSPS) is 13.3. The molecule has 4 rings (SSSR count). The molecule has 0 aliphatic heterocycles. The third kappa shape index (κ3) is 4.20. The second-order valence-corrected chi connectivity index (χ2v) is 5.66. The van der Waals surface area contributed by atoms with Gasteiger partial charge in [-0.25, -0.2) is 9.78 Å². The van der Waals surface area contributed by atoms with Crippen molar-refractivity contribution < 1.29 is 9.90 Å². The molecule has 1 saturated carbocycles. The molecule has 0 bridgehead atoms. The van der Waals surface area contributed by atoms with Crippen molar-refractivity contribution in [1.82, 2.24) is 15.0 Å². The fourth-order valence-corrected chi connectivity index (χ4v) is 2.33. The molecule has 1 aliphatic carbocycles. The molecular weight excluding hydrogens is 316 g/mol. The average Bonchev–Trinajstić information content (AvgIpc) is 3.30. The number of amides is 1. The molecule has 118 valence electrons. The van der Waals surface area contributed by atoms with Crippen LogP contribution in [0.1, 0.15) is 24.3 Å². The van der Waals surface area contributed by atoms with E-state index in [1.54, 1.807) is 6.07 Å². The van der Waals surface area contributed by atoms with Crippen LogP contribution >= 0.6 is 11.6 Å². The number of fused-ring (bicyclic) bond motifs is 1.